The second-order valence-electron chi connectivity index (χ2n) is 5.12. The van der Waals surface area contributed by atoms with Gasteiger partial charge in [-0.05, 0) is 31.4 Å². The Balaban J connectivity index is 0.00000220. The summed E-state index contributed by atoms with van der Waals surface area (Å²) in [5.41, 5.74) is 7.65. The van der Waals surface area contributed by atoms with Gasteiger partial charge in [0.25, 0.3) is 0 Å². The number of anilines is 2. The molecule has 1 saturated heterocycles. The van der Waals surface area contributed by atoms with Gasteiger partial charge in [0.1, 0.15) is 6.04 Å². The van der Waals surface area contributed by atoms with Crippen molar-refractivity contribution in [2.75, 3.05) is 37.0 Å². The van der Waals surface area contributed by atoms with E-state index in [1.54, 1.807) is 0 Å². The van der Waals surface area contributed by atoms with E-state index >= 15 is 0 Å². The summed E-state index contributed by atoms with van der Waals surface area (Å²) in [5, 5.41) is 2.91. The normalized spacial score (nSPS) is 15.3. The van der Waals surface area contributed by atoms with Crippen molar-refractivity contribution in [1.29, 1.82) is 0 Å². The summed E-state index contributed by atoms with van der Waals surface area (Å²) in [6.07, 6.45) is 3.68. The molecule has 1 aromatic rings. The molecule has 1 aromatic carbocycles. The van der Waals surface area contributed by atoms with Crippen molar-refractivity contribution in [3.05, 3.63) is 24.3 Å². The van der Waals surface area contributed by atoms with Gasteiger partial charge < -0.3 is 20.7 Å². The molecule has 126 valence electrons. The summed E-state index contributed by atoms with van der Waals surface area (Å²) >= 11 is 0. The average Bonchev–Trinajstić information content (AvgIpc) is 2.49. The lowest BCUT2D eigenvalue weighted by Gasteiger charge is -2.30. The first kappa shape index (κ1) is 21.0. The molecule has 0 saturated carbocycles. The van der Waals surface area contributed by atoms with Gasteiger partial charge in [-0.3, -0.25) is 4.79 Å². The number of nitrogens with zero attached hydrogens (tertiary/aromatic N) is 1. The van der Waals surface area contributed by atoms with Crippen LogP contribution in [0.5, 0.6) is 0 Å². The maximum atomic E-state index is 12.0. The fourth-order valence-electron chi connectivity index (χ4n) is 2.47. The zero-order valence-electron chi connectivity index (χ0n) is 12.8. The lowest BCUT2D eigenvalue weighted by atomic mass is 10.1. The number of nitrogens with one attached hydrogen (secondary N) is 1. The molecule has 1 amide bonds. The first-order chi connectivity index (χ1) is 9.72. The average molecular weight is 350 g/mol. The highest BCUT2D eigenvalue weighted by atomic mass is 35.5. The molecule has 1 unspecified atom stereocenters. The molecule has 0 bridgehead atoms. The van der Waals surface area contributed by atoms with E-state index in [0.29, 0.717) is 0 Å². The van der Waals surface area contributed by atoms with Crippen LogP contribution < -0.4 is 16.0 Å². The third-order valence-electron chi connectivity index (χ3n) is 3.54. The van der Waals surface area contributed by atoms with Crippen molar-refractivity contribution in [3.8, 4) is 0 Å². The molecule has 3 N–H and O–H groups in total. The lowest BCUT2D eigenvalue weighted by Crippen LogP contribution is -2.39. The molecule has 0 radical (unpaired) electrons. The summed E-state index contributed by atoms with van der Waals surface area (Å²) in [6.45, 7) is 2.30. The number of hydrogen-bond donors (Lipinski definition) is 2. The van der Waals surface area contributed by atoms with Crippen LogP contribution in [0.2, 0.25) is 0 Å². The number of ether oxygens (including phenoxy) is 1. The van der Waals surface area contributed by atoms with Gasteiger partial charge in [-0.1, -0.05) is 12.1 Å². The number of amides is 1. The minimum absolute atomic E-state index is 0. The van der Waals surface area contributed by atoms with Crippen molar-refractivity contribution in [2.24, 2.45) is 5.73 Å². The van der Waals surface area contributed by atoms with Crippen molar-refractivity contribution in [1.82, 2.24) is 0 Å². The third-order valence-corrected chi connectivity index (χ3v) is 3.54. The Bertz CT molecular complexity index is 454. The lowest BCUT2D eigenvalue weighted by molar-refractivity contribution is -0.118. The third kappa shape index (κ3) is 5.65. The number of nitrogens with two attached hydrogens (primary N) is 1. The fraction of sp³-hybridized carbons (Fsp3) is 0.533. The van der Waals surface area contributed by atoms with Gasteiger partial charge in [0, 0.05) is 20.2 Å². The summed E-state index contributed by atoms with van der Waals surface area (Å²) in [7, 11) is 1.54. The largest absolute Gasteiger partial charge is 0.383 e. The van der Waals surface area contributed by atoms with E-state index in [1.165, 1.54) is 26.4 Å². The fourth-order valence-corrected chi connectivity index (χ4v) is 2.47. The van der Waals surface area contributed by atoms with Gasteiger partial charge >= 0.3 is 0 Å². The topological polar surface area (TPSA) is 67.6 Å². The standard InChI is InChI=1S/C15H23N3O2.2ClH/c1-20-11-12(16)15(19)17-13-7-3-4-8-14(13)18-9-5-2-6-10-18;;/h3-4,7-8,12H,2,5-6,9-11,16H2,1H3,(H,17,19);2*1H. The van der Waals surface area contributed by atoms with Crippen LogP contribution in [-0.4, -0.2) is 38.8 Å². The van der Waals surface area contributed by atoms with E-state index in [9.17, 15) is 4.79 Å². The number of piperidine rings is 1. The zero-order chi connectivity index (χ0) is 14.4. The van der Waals surface area contributed by atoms with E-state index in [-0.39, 0.29) is 37.3 Å². The monoisotopic (exact) mass is 349 g/mol. The molecule has 1 heterocycles. The molecule has 1 fully saturated rings. The van der Waals surface area contributed by atoms with Crippen LogP contribution >= 0.6 is 24.8 Å². The van der Waals surface area contributed by atoms with Gasteiger partial charge in [-0.2, -0.15) is 0 Å². The van der Waals surface area contributed by atoms with Crippen molar-refractivity contribution >= 4 is 42.1 Å². The smallest absolute Gasteiger partial charge is 0.243 e. The Morgan fingerprint density at radius 1 is 1.27 bits per heavy atom. The summed E-state index contributed by atoms with van der Waals surface area (Å²) < 4.78 is 4.91. The predicted octanol–water partition coefficient (Wildman–Crippen LogP) is 2.43. The maximum absolute atomic E-state index is 12.0. The van der Waals surface area contributed by atoms with Gasteiger partial charge in [-0.15, -0.1) is 24.8 Å². The highest BCUT2D eigenvalue weighted by Gasteiger charge is 2.18. The van der Waals surface area contributed by atoms with E-state index in [2.05, 4.69) is 10.2 Å². The van der Waals surface area contributed by atoms with E-state index in [1.807, 2.05) is 24.3 Å². The second kappa shape index (κ2) is 10.7. The predicted molar refractivity (Wildman–Crippen MR) is 95.5 cm³/mol. The number of benzene rings is 1. The van der Waals surface area contributed by atoms with Crippen molar-refractivity contribution < 1.29 is 9.53 Å². The van der Waals surface area contributed by atoms with Crippen LogP contribution in [0.15, 0.2) is 24.3 Å². The Morgan fingerprint density at radius 2 is 1.91 bits per heavy atom. The Labute approximate surface area is 144 Å². The maximum Gasteiger partial charge on any atom is 0.243 e. The molecule has 1 aliphatic rings. The van der Waals surface area contributed by atoms with E-state index in [0.717, 1.165) is 24.5 Å². The first-order valence-electron chi connectivity index (χ1n) is 7.11. The number of carbonyl (C=O) groups is 1. The number of rotatable bonds is 5. The molecule has 1 aliphatic heterocycles. The number of methoxy groups -OCH3 is 1. The minimum atomic E-state index is -0.644. The molecule has 1 atom stereocenters. The van der Waals surface area contributed by atoms with Gasteiger partial charge in [0.05, 0.1) is 18.0 Å². The van der Waals surface area contributed by atoms with Crippen LogP contribution in [0.1, 0.15) is 19.3 Å². The van der Waals surface area contributed by atoms with Crippen molar-refractivity contribution in [2.45, 2.75) is 25.3 Å². The molecular formula is C15H25Cl2N3O2. The minimum Gasteiger partial charge on any atom is -0.383 e. The van der Waals surface area contributed by atoms with Crippen molar-refractivity contribution in [3.63, 3.8) is 0 Å². The highest BCUT2D eigenvalue weighted by Crippen LogP contribution is 2.28. The van der Waals surface area contributed by atoms with Gasteiger partial charge in [0.15, 0.2) is 0 Å². The van der Waals surface area contributed by atoms with Crippen LogP contribution in [0, 0.1) is 0 Å². The van der Waals surface area contributed by atoms with Gasteiger partial charge in [0.2, 0.25) is 5.91 Å². The molecule has 2 rings (SSSR count). The second-order valence-corrected chi connectivity index (χ2v) is 5.12. The molecule has 7 heteroatoms. The first-order valence-corrected chi connectivity index (χ1v) is 7.11. The highest BCUT2D eigenvalue weighted by molar-refractivity contribution is 5.97. The Hall–Kier alpha value is -1.01. The van der Waals surface area contributed by atoms with E-state index < -0.39 is 6.04 Å². The van der Waals surface area contributed by atoms with Crippen LogP contribution in [-0.2, 0) is 9.53 Å². The zero-order valence-corrected chi connectivity index (χ0v) is 14.4. The summed E-state index contributed by atoms with van der Waals surface area (Å²) in [4.78, 5) is 14.3. The Kier molecular flexibility index (Phi) is 10.2. The summed E-state index contributed by atoms with van der Waals surface area (Å²) in [5.74, 6) is -0.212. The SMILES string of the molecule is COCC(N)C(=O)Nc1ccccc1N1CCCCC1.Cl.Cl. The molecule has 0 aliphatic carbocycles. The molecular weight excluding hydrogens is 325 g/mol. The van der Waals surface area contributed by atoms with Crippen LogP contribution in [0.4, 0.5) is 11.4 Å². The molecule has 5 nitrogen and oxygen atoms in total. The quantitative estimate of drug-likeness (QED) is 0.856. The number of para-hydroxylation sites is 2. The van der Waals surface area contributed by atoms with E-state index in [4.69, 9.17) is 10.5 Å². The van der Waals surface area contributed by atoms with Crippen LogP contribution in [0.25, 0.3) is 0 Å². The Morgan fingerprint density at radius 3 is 2.55 bits per heavy atom. The number of carbonyl (C=O) groups excluding carboxylic acids is 1. The molecule has 0 aromatic heterocycles. The van der Waals surface area contributed by atoms with Crippen LogP contribution in [0.3, 0.4) is 0 Å². The molecule has 22 heavy (non-hydrogen) atoms. The number of halogens is 2. The number of hydrogen-bond acceptors (Lipinski definition) is 4. The summed E-state index contributed by atoms with van der Waals surface area (Å²) in [6, 6.07) is 7.23. The van der Waals surface area contributed by atoms with Gasteiger partial charge in [-0.25, -0.2) is 0 Å². The molecule has 0 spiro atoms.